The number of ketones is 2. The highest BCUT2D eigenvalue weighted by Crippen LogP contribution is 2.80. The molecule has 0 aromatic heterocycles. The molecule has 12 atom stereocenters. The molecule has 11 heteroatoms. The normalized spacial score (nSPS) is 42.6. The van der Waals surface area contributed by atoms with E-state index in [4.69, 9.17) is 14.2 Å². The number of hydrogen-bond donors (Lipinski definition) is 4. The Morgan fingerprint density at radius 2 is 1.81 bits per heavy atom. The van der Waals surface area contributed by atoms with Crippen molar-refractivity contribution in [1.29, 1.82) is 0 Å². The van der Waals surface area contributed by atoms with Crippen LogP contribution >= 0.6 is 0 Å². The van der Waals surface area contributed by atoms with Gasteiger partial charge in [-0.3, -0.25) is 14.4 Å². The third-order valence-electron chi connectivity index (χ3n) is 12.4. The van der Waals surface area contributed by atoms with Gasteiger partial charge in [0.1, 0.15) is 23.6 Å². The van der Waals surface area contributed by atoms with Gasteiger partial charge in [0.2, 0.25) is 0 Å². The second-order valence-corrected chi connectivity index (χ2v) is 15.3. The summed E-state index contributed by atoms with van der Waals surface area (Å²) in [5.41, 5.74) is -8.46. The number of unbranched alkanes of at least 4 members (excludes halogenated alkanes) is 1. The Kier molecular flexibility index (Phi) is 9.58. The van der Waals surface area contributed by atoms with Crippen molar-refractivity contribution < 1.29 is 53.8 Å². The van der Waals surface area contributed by atoms with Gasteiger partial charge in [-0.2, -0.15) is 0 Å². The van der Waals surface area contributed by atoms with Gasteiger partial charge in [0.05, 0.1) is 24.2 Å². The van der Waals surface area contributed by atoms with E-state index in [-0.39, 0.29) is 11.4 Å². The van der Waals surface area contributed by atoms with Gasteiger partial charge < -0.3 is 34.6 Å². The van der Waals surface area contributed by atoms with Crippen LogP contribution < -0.4 is 0 Å². The smallest absolute Gasteiger partial charge is 0.331 e. The molecule has 1 heterocycles. The topological polar surface area (TPSA) is 180 Å². The Morgan fingerprint density at radius 1 is 1.12 bits per heavy atom. The van der Waals surface area contributed by atoms with Gasteiger partial charge in [-0.1, -0.05) is 72.3 Å². The highest BCUT2D eigenvalue weighted by atomic mass is 16.6. The molecule has 5 rings (SSSR count). The second kappa shape index (κ2) is 12.6. The molecule has 11 nitrogen and oxygen atoms in total. The molecule has 4 N–H and O–H groups in total. The fourth-order valence-electron chi connectivity index (χ4n) is 9.32. The van der Waals surface area contributed by atoms with Crippen molar-refractivity contribution in [3.05, 3.63) is 36.0 Å². The molecule has 1 saturated heterocycles. The number of epoxide rings is 1. The molecule has 266 valence electrons. The van der Waals surface area contributed by atoms with Crippen molar-refractivity contribution in [1.82, 2.24) is 0 Å². The van der Waals surface area contributed by atoms with Crippen molar-refractivity contribution in [2.45, 2.75) is 128 Å². The van der Waals surface area contributed by atoms with Crippen LogP contribution in [-0.4, -0.2) is 91.3 Å². The van der Waals surface area contributed by atoms with Crippen molar-refractivity contribution >= 4 is 23.5 Å². The largest absolute Gasteiger partial charge is 0.455 e. The molecular weight excluding hydrogens is 620 g/mol. The molecule has 48 heavy (non-hydrogen) atoms. The van der Waals surface area contributed by atoms with Crippen molar-refractivity contribution in [2.24, 2.45) is 35.0 Å². The highest BCUT2D eigenvalue weighted by molar-refractivity contribution is 6.05. The summed E-state index contributed by atoms with van der Waals surface area (Å²) < 4.78 is 18.5. The zero-order chi connectivity index (χ0) is 35.6. The molecule has 5 aliphatic rings. The minimum atomic E-state index is -2.52. The lowest BCUT2D eigenvalue weighted by molar-refractivity contribution is -0.244. The number of ether oxygens (including phenoxy) is 3. The molecule has 0 aromatic carbocycles. The number of allylic oxidation sites excluding steroid dienone is 3. The van der Waals surface area contributed by atoms with Crippen LogP contribution in [-0.2, 0) is 33.4 Å². The first kappa shape index (κ1) is 36.6. The van der Waals surface area contributed by atoms with E-state index in [1.807, 2.05) is 27.7 Å². The molecule has 0 radical (unpaired) electrons. The first-order chi connectivity index (χ1) is 22.5. The number of fused-ring (bicyclic) bond motifs is 7. The molecule has 0 aromatic rings. The Morgan fingerprint density at radius 3 is 2.44 bits per heavy atom. The zero-order valence-electron chi connectivity index (χ0n) is 29.1. The SMILES string of the molecule is CCCCC(=O)CC/C=C/C=C/C(=O)OC1C(C)C2(O)C(C3OC3(CO)C(O)C3(O)C(=O)C(C)=CC32)C2C(C)(C)C12OC(=O)C(C)CC. The summed E-state index contributed by atoms with van der Waals surface area (Å²) in [6.45, 7) is 11.7. The van der Waals surface area contributed by atoms with Crippen LogP contribution in [0.25, 0.3) is 0 Å². The van der Waals surface area contributed by atoms with Gasteiger partial charge in [0.25, 0.3) is 0 Å². The summed E-state index contributed by atoms with van der Waals surface area (Å²) in [7, 11) is 0. The summed E-state index contributed by atoms with van der Waals surface area (Å²) in [5.74, 6) is -6.36. The van der Waals surface area contributed by atoms with Crippen molar-refractivity contribution in [2.75, 3.05) is 6.61 Å². The van der Waals surface area contributed by atoms with Crippen LogP contribution in [0.4, 0.5) is 0 Å². The number of aliphatic hydroxyl groups excluding tert-OH is 2. The average Bonchev–Trinajstić information content (AvgIpc) is 3.88. The molecule has 12 unspecified atom stereocenters. The molecule has 4 aliphatic carbocycles. The minimum Gasteiger partial charge on any atom is -0.455 e. The number of Topliss-reactive ketones (excluding diaryl/α,β-unsaturated/α-hetero) is 2. The van der Waals surface area contributed by atoms with E-state index in [0.29, 0.717) is 25.7 Å². The predicted molar refractivity (Wildman–Crippen MR) is 173 cm³/mol. The van der Waals surface area contributed by atoms with Gasteiger partial charge >= 0.3 is 11.9 Å². The van der Waals surface area contributed by atoms with Crippen molar-refractivity contribution in [3.63, 3.8) is 0 Å². The van der Waals surface area contributed by atoms with Crippen LogP contribution in [0.3, 0.4) is 0 Å². The van der Waals surface area contributed by atoms with E-state index in [9.17, 15) is 39.6 Å². The van der Waals surface area contributed by atoms with E-state index in [2.05, 4.69) is 0 Å². The van der Waals surface area contributed by atoms with Gasteiger partial charge in [0.15, 0.2) is 17.0 Å². The number of esters is 2. The average molecular weight is 673 g/mol. The van der Waals surface area contributed by atoms with E-state index in [1.165, 1.54) is 25.2 Å². The summed E-state index contributed by atoms with van der Waals surface area (Å²) >= 11 is 0. The van der Waals surface area contributed by atoms with Crippen LogP contribution in [0.1, 0.15) is 87.0 Å². The summed E-state index contributed by atoms with van der Waals surface area (Å²) in [6, 6.07) is 0. The predicted octanol–water partition coefficient (Wildman–Crippen LogP) is 2.91. The lowest BCUT2D eigenvalue weighted by atomic mass is 9.58. The van der Waals surface area contributed by atoms with E-state index < -0.39 is 100 Å². The molecule has 0 spiro atoms. The maximum atomic E-state index is 13.5. The van der Waals surface area contributed by atoms with E-state index >= 15 is 0 Å². The van der Waals surface area contributed by atoms with Crippen molar-refractivity contribution in [3.8, 4) is 0 Å². The maximum Gasteiger partial charge on any atom is 0.331 e. The highest BCUT2D eigenvalue weighted by Gasteiger charge is 2.93. The molecule has 4 fully saturated rings. The minimum absolute atomic E-state index is 0.138. The summed E-state index contributed by atoms with van der Waals surface area (Å²) in [5, 5.41) is 47.2. The monoisotopic (exact) mass is 672 g/mol. The Balaban J connectivity index is 1.52. The number of aliphatic hydroxyl groups is 4. The van der Waals surface area contributed by atoms with Crippen LogP contribution in [0.2, 0.25) is 0 Å². The Bertz CT molecular complexity index is 1430. The number of carbonyl (C=O) groups is 4. The standard InChI is InChI=1S/C37H52O11/c1-8-10-15-23(39)16-13-11-12-14-17-25(40)46-29-22(5)35(44)24-18-21(4)28(41)36(24,45)32(43)34(19-38)30(47-34)26(35)27-33(6,7)37(27,29)48-31(42)20(3)9-2/h11-12,14,17-18,20,22,24,26-27,29-30,32,38,43-45H,8-10,13,15-16,19H2,1-7H3/b12-11+,17-14+. The van der Waals surface area contributed by atoms with Crippen LogP contribution in [0.5, 0.6) is 0 Å². The number of hydrogen-bond acceptors (Lipinski definition) is 11. The zero-order valence-corrected chi connectivity index (χ0v) is 29.1. The number of rotatable bonds is 13. The Hall–Kier alpha value is -2.70. The fraction of sp³-hybridized carbons (Fsp3) is 0.730. The lowest BCUT2D eigenvalue weighted by Crippen LogP contribution is -2.69. The fourth-order valence-corrected chi connectivity index (χ4v) is 9.32. The quantitative estimate of drug-likeness (QED) is 0.0978. The third-order valence-corrected chi connectivity index (χ3v) is 12.4. The molecule has 0 amide bonds. The van der Waals surface area contributed by atoms with Gasteiger partial charge in [-0.25, -0.2) is 4.79 Å². The summed E-state index contributed by atoms with van der Waals surface area (Å²) in [4.78, 5) is 52.4. The first-order valence-electron chi connectivity index (χ1n) is 17.4. The van der Waals surface area contributed by atoms with Gasteiger partial charge in [-0.15, -0.1) is 0 Å². The molecular formula is C37H52O11. The first-order valence-corrected chi connectivity index (χ1v) is 17.4. The lowest BCUT2D eigenvalue weighted by Gasteiger charge is -2.53. The summed E-state index contributed by atoms with van der Waals surface area (Å²) in [6.07, 6.45) is 7.30. The Labute approximate surface area is 282 Å². The molecule has 0 bridgehead atoms. The molecule has 3 saturated carbocycles. The maximum absolute atomic E-state index is 13.5. The molecule has 1 aliphatic heterocycles. The van der Waals surface area contributed by atoms with E-state index in [0.717, 1.165) is 12.8 Å². The van der Waals surface area contributed by atoms with Gasteiger partial charge in [0, 0.05) is 48.0 Å². The van der Waals surface area contributed by atoms with E-state index in [1.54, 1.807) is 26.0 Å². The second-order valence-electron chi connectivity index (χ2n) is 15.3. The van der Waals surface area contributed by atoms with Crippen LogP contribution in [0, 0.1) is 35.0 Å². The van der Waals surface area contributed by atoms with Crippen LogP contribution in [0.15, 0.2) is 36.0 Å². The van der Waals surface area contributed by atoms with Gasteiger partial charge in [-0.05, 0) is 31.8 Å². The number of carbonyl (C=O) groups excluding carboxylic acids is 4. The third kappa shape index (κ3) is 5.01.